The molecule has 142 valence electrons. The van der Waals surface area contributed by atoms with Gasteiger partial charge in [-0.2, -0.15) is 0 Å². The summed E-state index contributed by atoms with van der Waals surface area (Å²) in [5, 5.41) is 8.94. The van der Waals surface area contributed by atoms with Crippen molar-refractivity contribution in [1.29, 1.82) is 0 Å². The minimum atomic E-state index is -0.367. The third-order valence-corrected chi connectivity index (χ3v) is 5.06. The molecule has 1 aromatic carbocycles. The van der Waals surface area contributed by atoms with Crippen molar-refractivity contribution in [2.75, 3.05) is 11.9 Å². The van der Waals surface area contributed by atoms with E-state index in [4.69, 9.17) is 4.42 Å². The number of para-hydroxylation sites is 1. The highest BCUT2D eigenvalue weighted by atomic mass is 32.1. The standard InChI is InChI=1S/C20H18N4O3S/c25-18(21-8-7-13-11-22-16-5-2-1-4-15(13)16)10-14-12-28-20(23-14)24-19(26)17-6-3-9-27-17/h1-6,9,11-12,22H,7-8,10H2,(H,21,25)(H,23,24,26). The van der Waals surface area contributed by atoms with Crippen molar-refractivity contribution in [3.8, 4) is 0 Å². The first-order chi connectivity index (χ1) is 13.7. The molecule has 0 fully saturated rings. The van der Waals surface area contributed by atoms with Crippen LogP contribution in [0.4, 0.5) is 5.13 Å². The highest BCUT2D eigenvalue weighted by molar-refractivity contribution is 7.14. The number of anilines is 1. The van der Waals surface area contributed by atoms with Gasteiger partial charge in [-0.1, -0.05) is 18.2 Å². The number of rotatable bonds is 7. The number of nitrogens with zero attached hydrogens (tertiary/aromatic N) is 1. The molecule has 0 atom stereocenters. The van der Waals surface area contributed by atoms with E-state index >= 15 is 0 Å². The van der Waals surface area contributed by atoms with Crippen LogP contribution in [0.1, 0.15) is 21.8 Å². The van der Waals surface area contributed by atoms with Crippen molar-refractivity contribution in [2.24, 2.45) is 0 Å². The Morgan fingerprint density at radius 3 is 2.93 bits per heavy atom. The maximum Gasteiger partial charge on any atom is 0.293 e. The molecule has 0 spiro atoms. The van der Waals surface area contributed by atoms with Gasteiger partial charge in [0.1, 0.15) is 0 Å². The van der Waals surface area contributed by atoms with E-state index in [9.17, 15) is 9.59 Å². The monoisotopic (exact) mass is 394 g/mol. The number of thiazole rings is 1. The van der Waals surface area contributed by atoms with Crippen molar-refractivity contribution < 1.29 is 14.0 Å². The fourth-order valence-corrected chi connectivity index (χ4v) is 3.62. The van der Waals surface area contributed by atoms with Crippen LogP contribution in [0.5, 0.6) is 0 Å². The highest BCUT2D eigenvalue weighted by Gasteiger charge is 2.13. The SMILES string of the molecule is O=C(Cc1csc(NC(=O)c2ccco2)n1)NCCc1c[nH]c2ccccc12. The van der Waals surface area contributed by atoms with E-state index in [2.05, 4.69) is 26.7 Å². The zero-order chi connectivity index (χ0) is 19.3. The van der Waals surface area contributed by atoms with Crippen molar-refractivity contribution in [3.05, 3.63) is 71.3 Å². The highest BCUT2D eigenvalue weighted by Crippen LogP contribution is 2.18. The molecule has 0 unspecified atom stereocenters. The molecule has 0 aliphatic heterocycles. The summed E-state index contributed by atoms with van der Waals surface area (Å²) in [7, 11) is 0. The summed E-state index contributed by atoms with van der Waals surface area (Å²) < 4.78 is 5.04. The fraction of sp³-hybridized carbons (Fsp3) is 0.150. The van der Waals surface area contributed by atoms with Crippen molar-refractivity contribution >= 4 is 39.2 Å². The van der Waals surface area contributed by atoms with E-state index in [0.717, 1.165) is 11.9 Å². The quantitative estimate of drug-likeness (QED) is 0.447. The molecule has 28 heavy (non-hydrogen) atoms. The molecule has 0 radical (unpaired) electrons. The lowest BCUT2D eigenvalue weighted by atomic mass is 10.1. The number of hydrogen-bond donors (Lipinski definition) is 3. The van der Waals surface area contributed by atoms with Gasteiger partial charge in [0.2, 0.25) is 5.91 Å². The van der Waals surface area contributed by atoms with Crippen LogP contribution in [0.15, 0.2) is 58.7 Å². The van der Waals surface area contributed by atoms with Gasteiger partial charge in [-0.25, -0.2) is 4.98 Å². The first kappa shape index (κ1) is 18.0. The van der Waals surface area contributed by atoms with Crippen LogP contribution in [0.2, 0.25) is 0 Å². The second-order valence-electron chi connectivity index (χ2n) is 6.21. The third kappa shape index (κ3) is 4.12. The van der Waals surface area contributed by atoms with Crippen LogP contribution in [0.25, 0.3) is 10.9 Å². The Morgan fingerprint density at radius 2 is 2.07 bits per heavy atom. The van der Waals surface area contributed by atoms with Crippen molar-refractivity contribution in [1.82, 2.24) is 15.3 Å². The molecule has 4 rings (SSSR count). The van der Waals surface area contributed by atoms with Gasteiger partial charge in [0.25, 0.3) is 5.91 Å². The average Bonchev–Trinajstić information content (AvgIpc) is 3.43. The van der Waals surface area contributed by atoms with Crippen LogP contribution in [-0.4, -0.2) is 28.3 Å². The van der Waals surface area contributed by atoms with E-state index in [0.29, 0.717) is 17.4 Å². The number of H-pyrrole nitrogens is 1. The summed E-state index contributed by atoms with van der Waals surface area (Å²) >= 11 is 1.27. The van der Waals surface area contributed by atoms with Gasteiger partial charge in [0, 0.05) is 29.0 Å². The summed E-state index contributed by atoms with van der Waals surface area (Å²) in [4.78, 5) is 31.6. The summed E-state index contributed by atoms with van der Waals surface area (Å²) in [5.74, 6) is -0.255. The molecule has 2 amide bonds. The number of fused-ring (bicyclic) bond motifs is 1. The van der Waals surface area contributed by atoms with E-state index in [1.54, 1.807) is 17.5 Å². The van der Waals surface area contributed by atoms with Crippen molar-refractivity contribution in [2.45, 2.75) is 12.8 Å². The number of hydrogen-bond acceptors (Lipinski definition) is 5. The van der Waals surface area contributed by atoms with Gasteiger partial charge in [-0.3, -0.25) is 14.9 Å². The van der Waals surface area contributed by atoms with Crippen LogP contribution in [0.3, 0.4) is 0 Å². The summed E-state index contributed by atoms with van der Waals surface area (Å²) in [6, 6.07) is 11.3. The first-order valence-electron chi connectivity index (χ1n) is 8.80. The maximum absolute atomic E-state index is 12.2. The second kappa shape index (κ2) is 8.10. The number of carbonyl (C=O) groups is 2. The van der Waals surface area contributed by atoms with E-state index in [1.165, 1.54) is 28.5 Å². The second-order valence-corrected chi connectivity index (χ2v) is 7.07. The Hall–Kier alpha value is -3.39. The molecule has 4 aromatic rings. The molecule has 0 bridgehead atoms. The minimum Gasteiger partial charge on any atom is -0.459 e. The molecular weight excluding hydrogens is 376 g/mol. The van der Waals surface area contributed by atoms with Gasteiger partial charge in [-0.05, 0) is 30.2 Å². The largest absolute Gasteiger partial charge is 0.459 e. The van der Waals surface area contributed by atoms with E-state index in [1.807, 2.05) is 24.4 Å². The van der Waals surface area contributed by atoms with Gasteiger partial charge in [0.15, 0.2) is 10.9 Å². The number of amides is 2. The Kier molecular flexibility index (Phi) is 5.20. The van der Waals surface area contributed by atoms with Crippen LogP contribution in [-0.2, 0) is 17.6 Å². The number of aromatic nitrogens is 2. The smallest absolute Gasteiger partial charge is 0.293 e. The third-order valence-electron chi connectivity index (χ3n) is 4.25. The normalized spacial score (nSPS) is 10.9. The number of furan rings is 1. The molecule has 0 saturated carbocycles. The topological polar surface area (TPSA) is 100 Å². The fourth-order valence-electron chi connectivity index (χ4n) is 2.91. The minimum absolute atomic E-state index is 0.103. The Balaban J connectivity index is 1.26. The van der Waals surface area contributed by atoms with E-state index in [-0.39, 0.29) is 24.0 Å². The number of nitrogens with one attached hydrogen (secondary N) is 3. The molecule has 3 N–H and O–H groups in total. The summed E-state index contributed by atoms with van der Waals surface area (Å²) in [6.45, 7) is 0.549. The van der Waals surface area contributed by atoms with Crippen LogP contribution in [0, 0.1) is 0 Å². The van der Waals surface area contributed by atoms with Gasteiger partial charge in [-0.15, -0.1) is 11.3 Å². The first-order valence-corrected chi connectivity index (χ1v) is 9.68. The average molecular weight is 394 g/mol. The number of aromatic amines is 1. The molecule has 3 aromatic heterocycles. The Morgan fingerprint density at radius 1 is 1.18 bits per heavy atom. The zero-order valence-corrected chi connectivity index (χ0v) is 15.7. The molecule has 0 aliphatic carbocycles. The molecule has 3 heterocycles. The molecule has 0 aliphatic rings. The van der Waals surface area contributed by atoms with E-state index < -0.39 is 0 Å². The summed E-state index contributed by atoms with van der Waals surface area (Å²) in [5.41, 5.74) is 2.88. The zero-order valence-electron chi connectivity index (χ0n) is 14.9. The van der Waals surface area contributed by atoms with Crippen LogP contribution < -0.4 is 10.6 Å². The summed E-state index contributed by atoms with van der Waals surface area (Å²) in [6.07, 6.45) is 4.33. The lowest BCUT2D eigenvalue weighted by Gasteiger charge is -2.03. The maximum atomic E-state index is 12.2. The molecule has 8 heteroatoms. The Labute approximate surface area is 164 Å². The van der Waals surface area contributed by atoms with Crippen LogP contribution >= 0.6 is 11.3 Å². The Bertz CT molecular complexity index is 1100. The molecule has 7 nitrogen and oxygen atoms in total. The molecular formula is C20H18N4O3S. The van der Waals surface area contributed by atoms with Crippen molar-refractivity contribution in [3.63, 3.8) is 0 Å². The number of benzene rings is 1. The predicted octanol–water partition coefficient (Wildman–Crippen LogP) is 3.37. The molecule has 0 saturated heterocycles. The lowest BCUT2D eigenvalue weighted by Crippen LogP contribution is -2.27. The van der Waals surface area contributed by atoms with Gasteiger partial charge < -0.3 is 14.7 Å². The predicted molar refractivity (Wildman–Crippen MR) is 107 cm³/mol. The number of carbonyl (C=O) groups excluding carboxylic acids is 2. The van der Waals surface area contributed by atoms with Gasteiger partial charge in [0.05, 0.1) is 18.4 Å². The lowest BCUT2D eigenvalue weighted by molar-refractivity contribution is -0.120. The van der Waals surface area contributed by atoms with Gasteiger partial charge >= 0.3 is 0 Å².